The molecule has 96 valence electrons. The van der Waals surface area contributed by atoms with E-state index in [0.717, 1.165) is 18.9 Å². The summed E-state index contributed by atoms with van der Waals surface area (Å²) < 4.78 is 13.4. The highest BCUT2D eigenvalue weighted by Gasteiger charge is 2.23. The Kier molecular flexibility index (Phi) is 3.45. The molecule has 0 aliphatic heterocycles. The van der Waals surface area contributed by atoms with Gasteiger partial charge in [-0.15, -0.1) is 0 Å². The van der Waals surface area contributed by atoms with Crippen LogP contribution in [0.5, 0.6) is 0 Å². The predicted octanol–water partition coefficient (Wildman–Crippen LogP) is 1.47. The van der Waals surface area contributed by atoms with E-state index in [1.54, 1.807) is 0 Å². The van der Waals surface area contributed by atoms with Crippen LogP contribution >= 0.6 is 0 Å². The zero-order valence-electron chi connectivity index (χ0n) is 9.92. The Morgan fingerprint density at radius 1 is 1.33 bits per heavy atom. The standard InChI is InChI=1S/C12H14FN3O2/c1-14-11(17)9-6-8(4-5-10(9)13)16-12(18)15-7-2-3-7/h4-7H,2-3H2,1H3,(H,14,17)(H2,15,16,18). The summed E-state index contributed by atoms with van der Waals surface area (Å²) in [6.07, 6.45) is 1.97. The average Bonchev–Trinajstić information content (AvgIpc) is 3.14. The summed E-state index contributed by atoms with van der Waals surface area (Å²) in [6.45, 7) is 0. The SMILES string of the molecule is CNC(=O)c1cc(NC(=O)NC2CC2)ccc1F. The zero-order valence-corrected chi connectivity index (χ0v) is 9.92. The van der Waals surface area contributed by atoms with Gasteiger partial charge >= 0.3 is 6.03 Å². The number of anilines is 1. The van der Waals surface area contributed by atoms with Gasteiger partial charge in [0.15, 0.2) is 0 Å². The maximum absolute atomic E-state index is 13.4. The van der Waals surface area contributed by atoms with Crippen LogP contribution in [-0.2, 0) is 0 Å². The van der Waals surface area contributed by atoms with Gasteiger partial charge in [0, 0.05) is 18.8 Å². The monoisotopic (exact) mass is 251 g/mol. The minimum absolute atomic E-state index is 0.0956. The lowest BCUT2D eigenvalue weighted by Crippen LogP contribution is -2.30. The van der Waals surface area contributed by atoms with E-state index in [0.29, 0.717) is 5.69 Å². The van der Waals surface area contributed by atoms with Crippen LogP contribution in [0.4, 0.5) is 14.9 Å². The normalized spacial score (nSPS) is 13.9. The summed E-state index contributed by atoms with van der Waals surface area (Å²) in [5, 5.41) is 7.64. The molecule has 1 fully saturated rings. The highest BCUT2D eigenvalue weighted by Crippen LogP contribution is 2.19. The van der Waals surface area contributed by atoms with Gasteiger partial charge in [0.2, 0.25) is 0 Å². The first kappa shape index (κ1) is 12.3. The second-order valence-corrected chi connectivity index (χ2v) is 4.15. The number of rotatable bonds is 3. The summed E-state index contributed by atoms with van der Waals surface area (Å²) in [5.41, 5.74) is 0.287. The van der Waals surface area contributed by atoms with Gasteiger partial charge in [-0.05, 0) is 31.0 Å². The van der Waals surface area contributed by atoms with Crippen LogP contribution in [0.2, 0.25) is 0 Å². The first-order chi connectivity index (χ1) is 8.60. The van der Waals surface area contributed by atoms with E-state index in [4.69, 9.17) is 0 Å². The van der Waals surface area contributed by atoms with Crippen LogP contribution < -0.4 is 16.0 Å². The Balaban J connectivity index is 2.08. The molecule has 0 unspecified atom stereocenters. The molecule has 1 aliphatic rings. The molecule has 5 nitrogen and oxygen atoms in total. The van der Waals surface area contributed by atoms with Gasteiger partial charge in [0.25, 0.3) is 5.91 Å². The number of hydrogen-bond donors (Lipinski definition) is 3. The number of carbonyl (C=O) groups excluding carboxylic acids is 2. The summed E-state index contributed by atoms with van der Waals surface area (Å²) in [5.74, 6) is -1.15. The van der Waals surface area contributed by atoms with E-state index in [1.807, 2.05) is 0 Å². The van der Waals surface area contributed by atoms with Gasteiger partial charge in [0.1, 0.15) is 5.82 Å². The molecule has 3 amide bonds. The van der Waals surface area contributed by atoms with Gasteiger partial charge in [-0.3, -0.25) is 4.79 Å². The molecular weight excluding hydrogens is 237 g/mol. The van der Waals surface area contributed by atoms with E-state index < -0.39 is 11.7 Å². The lowest BCUT2D eigenvalue weighted by Gasteiger charge is -2.08. The van der Waals surface area contributed by atoms with Gasteiger partial charge in [-0.25, -0.2) is 9.18 Å². The van der Waals surface area contributed by atoms with Gasteiger partial charge in [-0.1, -0.05) is 0 Å². The van der Waals surface area contributed by atoms with Gasteiger partial charge in [0.05, 0.1) is 5.56 Å². The molecule has 2 rings (SSSR count). The van der Waals surface area contributed by atoms with Crippen LogP contribution in [0.1, 0.15) is 23.2 Å². The van der Waals surface area contributed by atoms with Crippen LogP contribution in [-0.4, -0.2) is 25.0 Å². The predicted molar refractivity (Wildman–Crippen MR) is 65.0 cm³/mol. The lowest BCUT2D eigenvalue weighted by molar-refractivity contribution is 0.0959. The van der Waals surface area contributed by atoms with E-state index in [-0.39, 0.29) is 17.6 Å². The van der Waals surface area contributed by atoms with Crippen molar-refractivity contribution in [2.45, 2.75) is 18.9 Å². The third-order valence-corrected chi connectivity index (χ3v) is 2.61. The highest BCUT2D eigenvalue weighted by molar-refractivity contribution is 5.97. The van der Waals surface area contributed by atoms with Crippen molar-refractivity contribution in [3.05, 3.63) is 29.6 Å². The highest BCUT2D eigenvalue weighted by atomic mass is 19.1. The number of nitrogens with one attached hydrogen (secondary N) is 3. The quantitative estimate of drug-likeness (QED) is 0.761. The van der Waals surface area contributed by atoms with Crippen molar-refractivity contribution >= 4 is 17.6 Å². The summed E-state index contributed by atoms with van der Waals surface area (Å²) in [7, 11) is 1.42. The third-order valence-electron chi connectivity index (χ3n) is 2.61. The fraction of sp³-hybridized carbons (Fsp3) is 0.333. The van der Waals surface area contributed by atoms with Crippen molar-refractivity contribution in [1.29, 1.82) is 0 Å². The molecular formula is C12H14FN3O2. The van der Waals surface area contributed by atoms with Crippen LogP contribution in [0, 0.1) is 5.82 Å². The van der Waals surface area contributed by atoms with E-state index in [1.165, 1.54) is 19.2 Å². The first-order valence-corrected chi connectivity index (χ1v) is 5.69. The zero-order chi connectivity index (χ0) is 13.1. The molecule has 18 heavy (non-hydrogen) atoms. The number of benzene rings is 1. The van der Waals surface area contributed by atoms with E-state index >= 15 is 0 Å². The Morgan fingerprint density at radius 2 is 2.06 bits per heavy atom. The average molecular weight is 251 g/mol. The number of amides is 3. The molecule has 3 N–H and O–H groups in total. The van der Waals surface area contributed by atoms with Crippen molar-refractivity contribution in [2.24, 2.45) is 0 Å². The van der Waals surface area contributed by atoms with Gasteiger partial charge in [-0.2, -0.15) is 0 Å². The molecule has 0 atom stereocenters. The fourth-order valence-corrected chi connectivity index (χ4v) is 1.49. The van der Waals surface area contributed by atoms with Crippen molar-refractivity contribution in [2.75, 3.05) is 12.4 Å². The molecule has 0 heterocycles. The number of carbonyl (C=O) groups is 2. The number of hydrogen-bond acceptors (Lipinski definition) is 2. The molecule has 0 spiro atoms. The molecule has 1 aromatic carbocycles. The maximum atomic E-state index is 13.4. The topological polar surface area (TPSA) is 70.2 Å². The molecule has 0 radical (unpaired) electrons. The molecule has 0 saturated heterocycles. The van der Waals surface area contributed by atoms with Crippen LogP contribution in [0.15, 0.2) is 18.2 Å². The Hall–Kier alpha value is -2.11. The minimum Gasteiger partial charge on any atom is -0.355 e. The number of halogens is 1. The van der Waals surface area contributed by atoms with Crippen molar-refractivity contribution < 1.29 is 14.0 Å². The summed E-state index contributed by atoms with van der Waals surface area (Å²) in [6, 6.07) is 3.77. The minimum atomic E-state index is -0.623. The molecule has 0 bridgehead atoms. The molecule has 0 aromatic heterocycles. The Bertz CT molecular complexity index is 486. The third kappa shape index (κ3) is 2.97. The Labute approximate surface area is 104 Å². The molecule has 1 aromatic rings. The van der Waals surface area contributed by atoms with E-state index in [9.17, 15) is 14.0 Å². The first-order valence-electron chi connectivity index (χ1n) is 5.69. The maximum Gasteiger partial charge on any atom is 0.319 e. The summed E-state index contributed by atoms with van der Waals surface area (Å²) >= 11 is 0. The molecule has 1 saturated carbocycles. The van der Waals surface area contributed by atoms with Crippen LogP contribution in [0.25, 0.3) is 0 Å². The van der Waals surface area contributed by atoms with Crippen molar-refractivity contribution in [3.8, 4) is 0 Å². The molecule has 1 aliphatic carbocycles. The largest absolute Gasteiger partial charge is 0.355 e. The smallest absolute Gasteiger partial charge is 0.319 e. The van der Waals surface area contributed by atoms with Crippen molar-refractivity contribution in [1.82, 2.24) is 10.6 Å². The van der Waals surface area contributed by atoms with Crippen molar-refractivity contribution in [3.63, 3.8) is 0 Å². The van der Waals surface area contributed by atoms with E-state index in [2.05, 4.69) is 16.0 Å². The Morgan fingerprint density at radius 3 is 2.67 bits per heavy atom. The second kappa shape index (κ2) is 5.03. The summed E-state index contributed by atoms with van der Waals surface area (Å²) in [4.78, 5) is 22.9. The second-order valence-electron chi connectivity index (χ2n) is 4.15. The molecule has 6 heteroatoms. The number of urea groups is 1. The fourth-order valence-electron chi connectivity index (χ4n) is 1.49. The lowest BCUT2D eigenvalue weighted by atomic mass is 10.1. The van der Waals surface area contributed by atoms with Crippen LogP contribution in [0.3, 0.4) is 0 Å². The van der Waals surface area contributed by atoms with Gasteiger partial charge < -0.3 is 16.0 Å².